The van der Waals surface area contributed by atoms with Crippen LogP contribution in [-0.4, -0.2) is 16.4 Å². The van der Waals surface area contributed by atoms with Gasteiger partial charge in [-0.2, -0.15) is 5.10 Å². The Hall–Kier alpha value is -2.04. The highest BCUT2D eigenvalue weighted by atomic mass is 19.1. The first-order valence-electron chi connectivity index (χ1n) is 5.72. The first kappa shape index (κ1) is 12.4. The molecule has 0 amide bonds. The van der Waals surface area contributed by atoms with Gasteiger partial charge in [0.15, 0.2) is 11.6 Å². The summed E-state index contributed by atoms with van der Waals surface area (Å²) in [6, 6.07) is 2.91. The van der Waals surface area contributed by atoms with E-state index in [-0.39, 0.29) is 5.75 Å². The summed E-state index contributed by atoms with van der Waals surface area (Å²) in [6.45, 7) is 2.23. The quantitative estimate of drug-likeness (QED) is 0.844. The van der Waals surface area contributed by atoms with Gasteiger partial charge in [0.2, 0.25) is 0 Å². The van der Waals surface area contributed by atoms with E-state index >= 15 is 0 Å². The molecule has 0 aliphatic rings. The molecular formula is C13H16FN3O. The molecule has 0 atom stereocenters. The summed E-state index contributed by atoms with van der Waals surface area (Å²) in [7, 11) is 1.85. The molecule has 0 fully saturated rings. The van der Waals surface area contributed by atoms with Gasteiger partial charge < -0.3 is 10.5 Å². The molecule has 2 aromatic rings. The van der Waals surface area contributed by atoms with E-state index in [0.717, 1.165) is 11.1 Å². The molecule has 96 valence electrons. The predicted molar refractivity (Wildman–Crippen MR) is 68.0 cm³/mol. The lowest BCUT2D eigenvalue weighted by atomic mass is 10.2. The van der Waals surface area contributed by atoms with E-state index in [1.54, 1.807) is 16.9 Å². The fraction of sp³-hybridized carbons (Fsp3) is 0.308. The lowest BCUT2D eigenvalue weighted by molar-refractivity contribution is 0.305. The Morgan fingerprint density at radius 1 is 1.44 bits per heavy atom. The van der Waals surface area contributed by atoms with Crippen molar-refractivity contribution in [3.05, 3.63) is 41.5 Å². The van der Waals surface area contributed by atoms with Gasteiger partial charge in [-0.3, -0.25) is 4.68 Å². The van der Waals surface area contributed by atoms with Gasteiger partial charge in [-0.25, -0.2) is 4.39 Å². The highest BCUT2D eigenvalue weighted by molar-refractivity contribution is 5.50. The summed E-state index contributed by atoms with van der Waals surface area (Å²) in [4.78, 5) is 0. The maximum atomic E-state index is 13.5. The summed E-state index contributed by atoms with van der Waals surface area (Å²) < 4.78 is 20.7. The number of anilines is 1. The van der Waals surface area contributed by atoms with Crippen molar-refractivity contribution in [2.24, 2.45) is 7.05 Å². The number of aromatic nitrogens is 2. The summed E-state index contributed by atoms with van der Waals surface area (Å²) in [5.74, 6) is -0.185. The van der Waals surface area contributed by atoms with E-state index in [1.165, 1.54) is 6.07 Å². The summed E-state index contributed by atoms with van der Waals surface area (Å²) in [5.41, 5.74) is 7.92. The number of nitrogen functional groups attached to an aromatic ring is 1. The smallest absolute Gasteiger partial charge is 0.167 e. The van der Waals surface area contributed by atoms with Crippen molar-refractivity contribution in [3.63, 3.8) is 0 Å². The van der Waals surface area contributed by atoms with Crippen LogP contribution in [0.4, 0.5) is 10.1 Å². The molecule has 0 aliphatic carbocycles. The second-order valence-electron chi connectivity index (χ2n) is 4.26. The highest BCUT2D eigenvalue weighted by Crippen LogP contribution is 2.23. The van der Waals surface area contributed by atoms with Gasteiger partial charge in [-0.1, -0.05) is 0 Å². The van der Waals surface area contributed by atoms with Crippen LogP contribution in [0.5, 0.6) is 5.75 Å². The molecule has 1 aromatic heterocycles. The molecule has 0 aliphatic heterocycles. The number of ether oxygens (including phenoxy) is 1. The zero-order valence-electron chi connectivity index (χ0n) is 10.5. The van der Waals surface area contributed by atoms with Crippen molar-refractivity contribution in [3.8, 4) is 5.75 Å². The maximum Gasteiger partial charge on any atom is 0.167 e. The van der Waals surface area contributed by atoms with Crippen LogP contribution in [0.1, 0.15) is 11.1 Å². The SMILES string of the molecule is Cc1cc(OCCc2cnn(C)c2)c(F)cc1N. The Balaban J connectivity index is 1.96. The third-order valence-corrected chi connectivity index (χ3v) is 2.73. The van der Waals surface area contributed by atoms with E-state index < -0.39 is 5.82 Å². The zero-order chi connectivity index (χ0) is 13.1. The van der Waals surface area contributed by atoms with E-state index in [4.69, 9.17) is 10.5 Å². The van der Waals surface area contributed by atoms with Gasteiger partial charge in [0.25, 0.3) is 0 Å². The van der Waals surface area contributed by atoms with Crippen LogP contribution in [-0.2, 0) is 13.5 Å². The minimum Gasteiger partial charge on any atom is -0.490 e. The van der Waals surface area contributed by atoms with E-state index in [2.05, 4.69) is 5.10 Å². The van der Waals surface area contributed by atoms with Gasteiger partial charge in [0.1, 0.15) is 0 Å². The molecule has 0 radical (unpaired) electrons. The zero-order valence-corrected chi connectivity index (χ0v) is 10.5. The Morgan fingerprint density at radius 3 is 2.89 bits per heavy atom. The number of nitrogens with zero attached hydrogens (tertiary/aromatic N) is 2. The molecule has 4 nitrogen and oxygen atoms in total. The summed E-state index contributed by atoms with van der Waals surface area (Å²) in [5, 5.41) is 4.06. The van der Waals surface area contributed by atoms with Gasteiger partial charge in [0, 0.05) is 31.4 Å². The van der Waals surface area contributed by atoms with Crippen molar-refractivity contribution in [2.45, 2.75) is 13.3 Å². The van der Waals surface area contributed by atoms with Crippen LogP contribution in [0.3, 0.4) is 0 Å². The van der Waals surface area contributed by atoms with Gasteiger partial charge >= 0.3 is 0 Å². The lowest BCUT2D eigenvalue weighted by Crippen LogP contribution is -2.03. The fourth-order valence-corrected chi connectivity index (χ4v) is 1.66. The van der Waals surface area contributed by atoms with Crippen molar-refractivity contribution in [1.29, 1.82) is 0 Å². The number of rotatable bonds is 4. The Bertz CT molecular complexity index is 551. The molecule has 1 heterocycles. The van der Waals surface area contributed by atoms with Crippen LogP contribution in [0, 0.1) is 12.7 Å². The van der Waals surface area contributed by atoms with Crippen molar-refractivity contribution in [2.75, 3.05) is 12.3 Å². The van der Waals surface area contributed by atoms with Crippen LogP contribution >= 0.6 is 0 Å². The molecule has 0 unspecified atom stereocenters. The summed E-state index contributed by atoms with van der Waals surface area (Å²) in [6.07, 6.45) is 4.37. The molecule has 0 saturated heterocycles. The van der Waals surface area contributed by atoms with Crippen molar-refractivity contribution < 1.29 is 9.13 Å². The van der Waals surface area contributed by atoms with Gasteiger partial charge in [-0.15, -0.1) is 0 Å². The summed E-state index contributed by atoms with van der Waals surface area (Å²) >= 11 is 0. The molecule has 18 heavy (non-hydrogen) atoms. The molecule has 2 rings (SSSR count). The van der Waals surface area contributed by atoms with Crippen LogP contribution in [0.25, 0.3) is 0 Å². The Labute approximate surface area is 105 Å². The molecular weight excluding hydrogens is 233 g/mol. The van der Waals surface area contributed by atoms with Crippen molar-refractivity contribution in [1.82, 2.24) is 9.78 Å². The number of nitrogens with two attached hydrogens (primary N) is 1. The van der Waals surface area contributed by atoms with Crippen LogP contribution < -0.4 is 10.5 Å². The largest absolute Gasteiger partial charge is 0.490 e. The minimum atomic E-state index is -0.427. The minimum absolute atomic E-state index is 0.241. The molecule has 5 heteroatoms. The van der Waals surface area contributed by atoms with Gasteiger partial charge in [0.05, 0.1) is 12.8 Å². The lowest BCUT2D eigenvalue weighted by Gasteiger charge is -2.09. The topological polar surface area (TPSA) is 53.1 Å². The van der Waals surface area contributed by atoms with Gasteiger partial charge in [-0.05, 0) is 24.1 Å². The van der Waals surface area contributed by atoms with Crippen molar-refractivity contribution >= 4 is 5.69 Å². The Kier molecular flexibility index (Phi) is 3.50. The third kappa shape index (κ3) is 2.80. The van der Waals surface area contributed by atoms with Crippen LogP contribution in [0.2, 0.25) is 0 Å². The maximum absolute atomic E-state index is 13.5. The molecule has 0 spiro atoms. The van der Waals surface area contributed by atoms with Crippen LogP contribution in [0.15, 0.2) is 24.5 Å². The Morgan fingerprint density at radius 2 is 2.22 bits per heavy atom. The first-order valence-corrected chi connectivity index (χ1v) is 5.72. The fourth-order valence-electron chi connectivity index (χ4n) is 1.66. The molecule has 0 saturated carbocycles. The first-order chi connectivity index (χ1) is 8.56. The van der Waals surface area contributed by atoms with E-state index in [9.17, 15) is 4.39 Å². The second kappa shape index (κ2) is 5.08. The standard InChI is InChI=1S/C13H16FN3O/c1-9-5-13(11(14)6-12(9)15)18-4-3-10-7-16-17(2)8-10/h5-8H,3-4,15H2,1-2H3. The number of hydrogen-bond acceptors (Lipinski definition) is 3. The monoisotopic (exact) mass is 249 g/mol. The number of aryl methyl sites for hydroxylation is 2. The average Bonchev–Trinajstić information content (AvgIpc) is 2.71. The van der Waals surface area contributed by atoms with E-state index in [1.807, 2.05) is 20.2 Å². The number of hydrogen-bond donors (Lipinski definition) is 1. The second-order valence-corrected chi connectivity index (χ2v) is 4.26. The highest BCUT2D eigenvalue weighted by Gasteiger charge is 2.07. The number of halogens is 1. The molecule has 0 bridgehead atoms. The molecule has 2 N–H and O–H groups in total. The normalized spacial score (nSPS) is 10.6. The van der Waals surface area contributed by atoms with E-state index in [0.29, 0.717) is 18.7 Å². The average molecular weight is 249 g/mol. The number of benzene rings is 1. The molecule has 1 aromatic carbocycles. The third-order valence-electron chi connectivity index (χ3n) is 2.73. The predicted octanol–water partition coefficient (Wildman–Crippen LogP) is 2.07.